The number of hydrogen-bond acceptors (Lipinski definition) is 4. The zero-order valence-corrected chi connectivity index (χ0v) is 11.9. The van der Waals surface area contributed by atoms with Crippen LogP contribution in [0.25, 0.3) is 0 Å². The van der Waals surface area contributed by atoms with Gasteiger partial charge in [0.1, 0.15) is 6.29 Å². The molecule has 0 unspecified atom stereocenters. The highest BCUT2D eigenvalue weighted by Crippen LogP contribution is 2.45. The standard InChI is InChI=1S/C14H22O4S/c15-7-6-10-11(13-5-4-12(10)18-13)9-19-8-2-1-3-14(16)17/h7,10-13H,1-6,8-9H2,(H,16,17)/t10-,11+,12-,13+/m1/s1. The first kappa shape index (κ1) is 14.9. The molecule has 0 saturated carbocycles. The molecule has 5 heteroatoms. The Labute approximate surface area is 118 Å². The highest BCUT2D eigenvalue weighted by Gasteiger charge is 2.47. The van der Waals surface area contributed by atoms with Crippen LogP contribution in [-0.4, -0.2) is 41.1 Å². The van der Waals surface area contributed by atoms with Gasteiger partial charge in [0.05, 0.1) is 12.2 Å². The number of unbranched alkanes of at least 4 members (excludes halogenated alkanes) is 1. The maximum absolute atomic E-state index is 10.7. The topological polar surface area (TPSA) is 63.6 Å². The number of rotatable bonds is 9. The molecule has 0 aliphatic carbocycles. The molecule has 108 valence electrons. The van der Waals surface area contributed by atoms with E-state index >= 15 is 0 Å². The SMILES string of the molecule is O=CC[C@@H]1[C@H](CSCCCCC(=O)O)[C@@H]2CC[C@H]1O2. The predicted molar refractivity (Wildman–Crippen MR) is 74.4 cm³/mol. The summed E-state index contributed by atoms with van der Waals surface area (Å²) in [6.07, 6.45) is 6.57. The summed E-state index contributed by atoms with van der Waals surface area (Å²) in [5.74, 6) is 2.29. The van der Waals surface area contributed by atoms with Crippen molar-refractivity contribution >= 4 is 24.0 Å². The third-order valence-electron chi connectivity index (χ3n) is 4.20. The first-order chi connectivity index (χ1) is 9.22. The number of ether oxygens (including phenoxy) is 1. The Morgan fingerprint density at radius 1 is 1.26 bits per heavy atom. The van der Waals surface area contributed by atoms with Crippen LogP contribution in [0.15, 0.2) is 0 Å². The number of hydrogen-bond donors (Lipinski definition) is 1. The minimum Gasteiger partial charge on any atom is -0.481 e. The van der Waals surface area contributed by atoms with E-state index in [4.69, 9.17) is 9.84 Å². The molecule has 2 saturated heterocycles. The largest absolute Gasteiger partial charge is 0.481 e. The van der Waals surface area contributed by atoms with Gasteiger partial charge in [0.25, 0.3) is 0 Å². The zero-order chi connectivity index (χ0) is 13.7. The minimum atomic E-state index is -0.711. The van der Waals surface area contributed by atoms with Gasteiger partial charge < -0.3 is 14.6 Å². The Morgan fingerprint density at radius 2 is 2.00 bits per heavy atom. The van der Waals surface area contributed by atoms with E-state index in [1.807, 2.05) is 11.8 Å². The van der Waals surface area contributed by atoms with E-state index in [1.165, 1.54) is 0 Å². The van der Waals surface area contributed by atoms with E-state index < -0.39 is 5.97 Å². The fourth-order valence-corrected chi connectivity index (χ4v) is 4.55. The summed E-state index contributed by atoms with van der Waals surface area (Å²) < 4.78 is 5.91. The summed E-state index contributed by atoms with van der Waals surface area (Å²) in [5.41, 5.74) is 0. The van der Waals surface area contributed by atoms with Crippen LogP contribution in [0, 0.1) is 11.8 Å². The van der Waals surface area contributed by atoms with E-state index in [1.54, 1.807) is 0 Å². The minimum absolute atomic E-state index is 0.269. The van der Waals surface area contributed by atoms with Crippen LogP contribution >= 0.6 is 11.8 Å². The monoisotopic (exact) mass is 286 g/mol. The molecule has 2 bridgehead atoms. The molecule has 0 amide bonds. The average molecular weight is 286 g/mol. The number of thioether (sulfide) groups is 1. The molecule has 2 rings (SSSR count). The molecule has 0 aromatic carbocycles. The number of carbonyl (C=O) groups is 2. The first-order valence-electron chi connectivity index (χ1n) is 7.11. The van der Waals surface area contributed by atoms with Crippen LogP contribution in [0.4, 0.5) is 0 Å². The Hall–Kier alpha value is -0.550. The number of carboxylic acids is 1. The van der Waals surface area contributed by atoms with Gasteiger partial charge in [-0.25, -0.2) is 0 Å². The number of carbonyl (C=O) groups excluding carboxylic acids is 1. The number of aliphatic carboxylic acids is 1. The normalized spacial score (nSPS) is 32.6. The number of carboxylic acid groups (broad SMARTS) is 1. The summed E-state index contributed by atoms with van der Waals surface area (Å²) in [4.78, 5) is 21.1. The lowest BCUT2D eigenvalue weighted by molar-refractivity contribution is -0.137. The molecule has 1 N–H and O–H groups in total. The van der Waals surface area contributed by atoms with Gasteiger partial charge in [-0.2, -0.15) is 11.8 Å². The molecule has 0 spiro atoms. The maximum atomic E-state index is 10.7. The summed E-state index contributed by atoms with van der Waals surface area (Å²) in [6.45, 7) is 0. The van der Waals surface area contributed by atoms with Crippen molar-refractivity contribution < 1.29 is 19.4 Å². The summed E-state index contributed by atoms with van der Waals surface area (Å²) in [7, 11) is 0. The van der Waals surface area contributed by atoms with Crippen LogP contribution in [0.5, 0.6) is 0 Å². The molecular formula is C14H22O4S. The molecule has 2 aliphatic rings. The second-order valence-electron chi connectivity index (χ2n) is 5.45. The molecule has 4 atom stereocenters. The van der Waals surface area contributed by atoms with Gasteiger partial charge in [-0.1, -0.05) is 0 Å². The second-order valence-corrected chi connectivity index (χ2v) is 6.60. The predicted octanol–water partition coefficient (Wildman–Crippen LogP) is 2.36. The number of fused-ring (bicyclic) bond motifs is 2. The van der Waals surface area contributed by atoms with Crippen molar-refractivity contribution in [2.24, 2.45) is 11.8 Å². The van der Waals surface area contributed by atoms with Gasteiger partial charge in [-0.3, -0.25) is 4.79 Å². The maximum Gasteiger partial charge on any atom is 0.303 e. The molecular weight excluding hydrogens is 264 g/mol. The Bertz CT molecular complexity index is 321. The van der Waals surface area contributed by atoms with Crippen LogP contribution in [0.2, 0.25) is 0 Å². The van der Waals surface area contributed by atoms with Gasteiger partial charge >= 0.3 is 5.97 Å². The third kappa shape index (κ3) is 3.96. The zero-order valence-electron chi connectivity index (χ0n) is 11.1. The highest BCUT2D eigenvalue weighted by molar-refractivity contribution is 7.99. The van der Waals surface area contributed by atoms with Crippen LogP contribution in [-0.2, 0) is 14.3 Å². The van der Waals surface area contributed by atoms with Crippen LogP contribution in [0.1, 0.15) is 38.5 Å². The summed E-state index contributed by atoms with van der Waals surface area (Å²) in [6, 6.07) is 0. The van der Waals surface area contributed by atoms with Gasteiger partial charge in [0.15, 0.2) is 0 Å². The quantitative estimate of drug-likeness (QED) is 0.521. The highest BCUT2D eigenvalue weighted by atomic mass is 32.2. The fourth-order valence-electron chi connectivity index (χ4n) is 3.24. The molecule has 2 fully saturated rings. The molecule has 19 heavy (non-hydrogen) atoms. The lowest BCUT2D eigenvalue weighted by atomic mass is 9.79. The van der Waals surface area contributed by atoms with Gasteiger partial charge in [0.2, 0.25) is 0 Å². The van der Waals surface area contributed by atoms with Crippen molar-refractivity contribution in [3.8, 4) is 0 Å². The number of aldehydes is 1. The van der Waals surface area contributed by atoms with Crippen molar-refractivity contribution in [1.82, 2.24) is 0 Å². The molecule has 0 radical (unpaired) electrons. The second kappa shape index (κ2) is 7.29. The van der Waals surface area contributed by atoms with Gasteiger partial charge in [-0.05, 0) is 49.0 Å². The van der Waals surface area contributed by atoms with E-state index in [0.29, 0.717) is 30.5 Å². The van der Waals surface area contributed by atoms with Crippen LogP contribution < -0.4 is 0 Å². The van der Waals surface area contributed by atoms with Crippen molar-refractivity contribution in [2.45, 2.75) is 50.7 Å². The van der Waals surface area contributed by atoms with Crippen molar-refractivity contribution in [1.29, 1.82) is 0 Å². The molecule has 0 aromatic rings. The van der Waals surface area contributed by atoms with Gasteiger partial charge in [0, 0.05) is 12.8 Å². The fraction of sp³-hybridized carbons (Fsp3) is 0.857. The lowest BCUT2D eigenvalue weighted by Crippen LogP contribution is -2.29. The Kier molecular flexibility index (Phi) is 5.70. The molecule has 4 nitrogen and oxygen atoms in total. The molecule has 0 aromatic heterocycles. The van der Waals surface area contributed by atoms with Crippen LogP contribution in [0.3, 0.4) is 0 Å². The average Bonchev–Trinajstić information content (AvgIpc) is 2.95. The molecule has 2 aliphatic heterocycles. The van der Waals surface area contributed by atoms with E-state index in [-0.39, 0.29) is 6.42 Å². The third-order valence-corrected chi connectivity index (χ3v) is 5.40. The summed E-state index contributed by atoms with van der Waals surface area (Å²) >= 11 is 1.88. The summed E-state index contributed by atoms with van der Waals surface area (Å²) in [5, 5.41) is 8.55. The van der Waals surface area contributed by atoms with Crippen molar-refractivity contribution in [3.05, 3.63) is 0 Å². The van der Waals surface area contributed by atoms with E-state index in [2.05, 4.69) is 0 Å². The first-order valence-corrected chi connectivity index (χ1v) is 8.26. The lowest BCUT2D eigenvalue weighted by Gasteiger charge is -2.26. The van der Waals surface area contributed by atoms with E-state index in [0.717, 1.165) is 43.5 Å². The van der Waals surface area contributed by atoms with Crippen molar-refractivity contribution in [2.75, 3.05) is 11.5 Å². The van der Waals surface area contributed by atoms with E-state index in [9.17, 15) is 9.59 Å². The Morgan fingerprint density at radius 3 is 2.68 bits per heavy atom. The van der Waals surface area contributed by atoms with Gasteiger partial charge in [-0.15, -0.1) is 0 Å². The smallest absolute Gasteiger partial charge is 0.303 e. The molecule has 2 heterocycles. The Balaban J connectivity index is 1.64. The van der Waals surface area contributed by atoms with Crippen molar-refractivity contribution in [3.63, 3.8) is 0 Å².